The van der Waals surface area contributed by atoms with Gasteiger partial charge in [-0.1, -0.05) is 18.2 Å². The van der Waals surface area contributed by atoms with E-state index in [0.29, 0.717) is 18.3 Å². The zero-order valence-electron chi connectivity index (χ0n) is 14.6. The second-order valence-corrected chi connectivity index (χ2v) is 6.44. The van der Waals surface area contributed by atoms with Crippen LogP contribution in [0.5, 0.6) is 0 Å². The van der Waals surface area contributed by atoms with Crippen LogP contribution in [0.1, 0.15) is 35.8 Å². The van der Waals surface area contributed by atoms with Crippen LogP contribution in [0.25, 0.3) is 10.9 Å². The molecule has 1 aliphatic rings. The highest BCUT2D eigenvalue weighted by Crippen LogP contribution is 2.33. The highest BCUT2D eigenvalue weighted by molar-refractivity contribution is 5.80. The number of rotatable bonds is 4. The predicted octanol–water partition coefficient (Wildman–Crippen LogP) is 2.59. The van der Waals surface area contributed by atoms with E-state index in [0.717, 1.165) is 35.4 Å². The van der Waals surface area contributed by atoms with Crippen LogP contribution in [0.3, 0.4) is 0 Å². The summed E-state index contributed by atoms with van der Waals surface area (Å²) in [5.74, 6) is 2.01. The summed E-state index contributed by atoms with van der Waals surface area (Å²) in [5, 5.41) is 9.25. The highest BCUT2D eigenvalue weighted by Gasteiger charge is 2.37. The molecule has 0 spiro atoms. The van der Waals surface area contributed by atoms with Crippen molar-refractivity contribution in [1.82, 2.24) is 25.1 Å². The first kappa shape index (κ1) is 16.1. The number of hydrogen-bond donors (Lipinski definition) is 0. The molecule has 0 unspecified atom stereocenters. The van der Waals surface area contributed by atoms with Crippen LogP contribution in [0.15, 0.2) is 28.7 Å². The molecule has 0 bridgehead atoms. The second-order valence-electron chi connectivity index (χ2n) is 6.44. The number of benzene rings is 1. The fourth-order valence-electron chi connectivity index (χ4n) is 3.46. The van der Waals surface area contributed by atoms with Gasteiger partial charge in [-0.15, -0.1) is 10.2 Å². The quantitative estimate of drug-likeness (QED) is 0.723. The molecule has 0 radical (unpaired) electrons. The van der Waals surface area contributed by atoms with Gasteiger partial charge in [0.15, 0.2) is 0 Å². The molecule has 0 aliphatic carbocycles. The van der Waals surface area contributed by atoms with E-state index in [-0.39, 0.29) is 12.1 Å². The molecule has 0 saturated carbocycles. The lowest BCUT2D eigenvalue weighted by Gasteiger charge is -2.20. The largest absolute Gasteiger partial charge is 0.424 e. The van der Waals surface area contributed by atoms with Crippen LogP contribution in [-0.2, 0) is 11.3 Å². The van der Waals surface area contributed by atoms with Crippen LogP contribution in [-0.4, -0.2) is 44.8 Å². The van der Waals surface area contributed by atoms with E-state index in [4.69, 9.17) is 14.1 Å². The van der Waals surface area contributed by atoms with Crippen LogP contribution in [0.2, 0.25) is 0 Å². The van der Waals surface area contributed by atoms with Crippen molar-refractivity contribution >= 4 is 10.9 Å². The van der Waals surface area contributed by atoms with Crippen LogP contribution in [0.4, 0.5) is 0 Å². The van der Waals surface area contributed by atoms with Gasteiger partial charge in [0.05, 0.1) is 24.2 Å². The molecule has 1 saturated heterocycles. The Kier molecular flexibility index (Phi) is 4.19. The molecule has 7 nitrogen and oxygen atoms in total. The molecule has 1 aliphatic heterocycles. The monoisotopic (exact) mass is 339 g/mol. The summed E-state index contributed by atoms with van der Waals surface area (Å²) < 4.78 is 11.2. The molecule has 25 heavy (non-hydrogen) atoms. The van der Waals surface area contributed by atoms with E-state index in [9.17, 15) is 0 Å². The maximum atomic E-state index is 5.66. The molecular weight excluding hydrogens is 318 g/mol. The number of nitrogens with zero attached hydrogens (tertiary/aromatic N) is 5. The number of ether oxygens (including phenoxy) is 1. The lowest BCUT2D eigenvalue weighted by atomic mass is 10.2. The van der Waals surface area contributed by atoms with E-state index in [1.807, 2.05) is 25.1 Å². The van der Waals surface area contributed by atoms with Crippen molar-refractivity contribution in [3.8, 4) is 0 Å². The number of para-hydroxylation sites is 1. The zero-order chi connectivity index (χ0) is 17.4. The van der Waals surface area contributed by atoms with Crippen molar-refractivity contribution in [1.29, 1.82) is 0 Å². The van der Waals surface area contributed by atoms with Crippen LogP contribution in [0, 0.1) is 13.8 Å². The number of aromatic nitrogens is 4. The SMILES string of the molecule is CO[C@@H]1C[C@H](c2nnc(C)o2)N(Cc2nc(C)c3ccccc3n2)C1. The lowest BCUT2D eigenvalue weighted by Crippen LogP contribution is -2.26. The molecule has 1 aromatic carbocycles. The first-order valence-corrected chi connectivity index (χ1v) is 8.43. The van der Waals surface area contributed by atoms with Crippen molar-refractivity contribution in [3.63, 3.8) is 0 Å². The number of likely N-dealkylation sites (tertiary alicyclic amines) is 1. The molecule has 2 aromatic heterocycles. The third-order valence-electron chi connectivity index (χ3n) is 4.71. The number of aryl methyl sites for hydroxylation is 2. The fourth-order valence-corrected chi connectivity index (χ4v) is 3.46. The Morgan fingerprint density at radius 2 is 2.04 bits per heavy atom. The average Bonchev–Trinajstić information content (AvgIpc) is 3.21. The van der Waals surface area contributed by atoms with E-state index >= 15 is 0 Å². The van der Waals surface area contributed by atoms with Gasteiger partial charge in [-0.25, -0.2) is 9.97 Å². The van der Waals surface area contributed by atoms with Crippen LogP contribution < -0.4 is 0 Å². The molecular formula is C18H21N5O2. The Balaban J connectivity index is 1.63. The minimum atomic E-state index is 0.0292. The first-order valence-electron chi connectivity index (χ1n) is 8.43. The van der Waals surface area contributed by atoms with Crippen molar-refractivity contribution < 1.29 is 9.15 Å². The fraction of sp³-hybridized carbons (Fsp3) is 0.444. The number of methoxy groups -OCH3 is 1. The summed E-state index contributed by atoms with van der Waals surface area (Å²) in [6.45, 7) is 5.24. The summed E-state index contributed by atoms with van der Waals surface area (Å²) in [6.07, 6.45) is 0.962. The van der Waals surface area contributed by atoms with Gasteiger partial charge in [-0.05, 0) is 19.4 Å². The minimum absolute atomic E-state index is 0.0292. The lowest BCUT2D eigenvalue weighted by molar-refractivity contribution is 0.107. The number of fused-ring (bicyclic) bond motifs is 1. The summed E-state index contributed by atoms with van der Waals surface area (Å²) in [7, 11) is 1.74. The second kappa shape index (κ2) is 6.50. The van der Waals surface area contributed by atoms with Gasteiger partial charge in [-0.3, -0.25) is 4.90 Å². The summed E-state index contributed by atoms with van der Waals surface area (Å²) in [6, 6.07) is 8.11. The number of hydrogen-bond acceptors (Lipinski definition) is 7. The predicted molar refractivity (Wildman–Crippen MR) is 91.9 cm³/mol. The van der Waals surface area contributed by atoms with Crippen molar-refractivity contribution in [2.24, 2.45) is 0 Å². The Bertz CT molecular complexity index is 894. The first-order chi connectivity index (χ1) is 12.1. The third kappa shape index (κ3) is 3.12. The van der Waals surface area contributed by atoms with Gasteiger partial charge in [0.25, 0.3) is 0 Å². The maximum Gasteiger partial charge on any atom is 0.233 e. The summed E-state index contributed by atoms with van der Waals surface area (Å²) in [4.78, 5) is 11.7. The van der Waals surface area contributed by atoms with Crippen LogP contribution >= 0.6 is 0 Å². The Morgan fingerprint density at radius 3 is 2.80 bits per heavy atom. The third-order valence-corrected chi connectivity index (χ3v) is 4.71. The zero-order valence-corrected chi connectivity index (χ0v) is 14.6. The normalized spacial score (nSPS) is 21.2. The molecule has 1 fully saturated rings. The van der Waals surface area contributed by atoms with E-state index < -0.39 is 0 Å². The molecule has 2 atom stereocenters. The Hall–Kier alpha value is -2.38. The molecule has 0 amide bonds. The van der Waals surface area contributed by atoms with Gasteiger partial charge in [0, 0.05) is 31.7 Å². The molecule has 7 heteroatoms. The van der Waals surface area contributed by atoms with Gasteiger partial charge >= 0.3 is 0 Å². The molecule has 4 rings (SSSR count). The topological polar surface area (TPSA) is 77.2 Å². The molecule has 3 heterocycles. The highest BCUT2D eigenvalue weighted by atomic mass is 16.5. The summed E-state index contributed by atoms with van der Waals surface area (Å²) >= 11 is 0. The van der Waals surface area contributed by atoms with Crippen molar-refractivity contribution in [3.05, 3.63) is 47.6 Å². The minimum Gasteiger partial charge on any atom is -0.424 e. The van der Waals surface area contributed by atoms with Crippen molar-refractivity contribution in [2.45, 2.75) is 39.0 Å². The van der Waals surface area contributed by atoms with Gasteiger partial charge in [-0.2, -0.15) is 0 Å². The molecule has 130 valence electrons. The maximum absolute atomic E-state index is 5.66. The Labute approximate surface area is 146 Å². The average molecular weight is 339 g/mol. The van der Waals surface area contributed by atoms with Crippen molar-refractivity contribution in [2.75, 3.05) is 13.7 Å². The van der Waals surface area contributed by atoms with Gasteiger partial charge in [0.2, 0.25) is 11.8 Å². The molecule has 0 N–H and O–H groups in total. The van der Waals surface area contributed by atoms with Gasteiger partial charge in [0.1, 0.15) is 5.82 Å². The van der Waals surface area contributed by atoms with E-state index in [1.54, 1.807) is 14.0 Å². The van der Waals surface area contributed by atoms with E-state index in [2.05, 4.69) is 26.1 Å². The van der Waals surface area contributed by atoms with Gasteiger partial charge < -0.3 is 9.15 Å². The summed E-state index contributed by atoms with van der Waals surface area (Å²) in [5.41, 5.74) is 1.96. The molecule has 3 aromatic rings. The van der Waals surface area contributed by atoms with E-state index in [1.165, 1.54) is 0 Å². The Morgan fingerprint density at radius 1 is 1.20 bits per heavy atom. The standard InChI is InChI=1S/C18H21N5O2/c1-11-14-6-4-5-7-15(14)20-17(19-11)10-23-9-13(24-3)8-16(23)18-22-21-12(2)25-18/h4-7,13,16H,8-10H2,1-3H3/t13-,16-/m1/s1. The smallest absolute Gasteiger partial charge is 0.233 e.